The maximum absolute atomic E-state index is 5.31. The average Bonchev–Trinajstić information content (AvgIpc) is 3.05. The Hall–Kier alpha value is -0.940. The molecule has 2 heterocycles. The van der Waals surface area contributed by atoms with E-state index in [0.717, 1.165) is 19.6 Å². The highest BCUT2D eigenvalue weighted by Gasteiger charge is 2.43. The molecule has 2 atom stereocenters. The van der Waals surface area contributed by atoms with Gasteiger partial charge in [-0.25, -0.2) is 0 Å². The quantitative estimate of drug-likeness (QED) is 0.736. The molecule has 1 aromatic carbocycles. The van der Waals surface area contributed by atoms with Crippen LogP contribution in [0.15, 0.2) is 30.3 Å². The summed E-state index contributed by atoms with van der Waals surface area (Å²) in [5.41, 5.74) is 1.42. The normalized spacial score (nSPS) is 26.8. The predicted octanol–water partition coefficient (Wildman–Crippen LogP) is 1.56. The van der Waals surface area contributed by atoms with Gasteiger partial charge >= 0.3 is 0 Å². The lowest BCUT2D eigenvalue weighted by atomic mass is 10.2. The third-order valence-corrected chi connectivity index (χ3v) is 4.61. The average molecular weight is 276 g/mol. The van der Waals surface area contributed by atoms with Crippen molar-refractivity contribution in [3.05, 3.63) is 35.9 Å². The number of methoxy groups -OCH3 is 2. The smallest absolute Gasteiger partial charge is 0.169 e. The topological polar surface area (TPSA) is 24.9 Å². The third-order valence-electron chi connectivity index (χ3n) is 4.61. The van der Waals surface area contributed by atoms with Crippen molar-refractivity contribution in [2.45, 2.75) is 31.3 Å². The Labute approximate surface area is 121 Å². The molecule has 0 spiro atoms. The first kappa shape index (κ1) is 14.0. The van der Waals surface area contributed by atoms with Crippen LogP contribution < -0.4 is 0 Å². The van der Waals surface area contributed by atoms with Crippen LogP contribution in [-0.4, -0.2) is 62.0 Å². The lowest BCUT2D eigenvalue weighted by Gasteiger charge is -2.35. The minimum absolute atomic E-state index is 0.100. The van der Waals surface area contributed by atoms with E-state index < -0.39 is 0 Å². The fraction of sp³-hybridized carbons (Fsp3) is 0.625. The molecule has 0 aliphatic carbocycles. The Bertz CT molecular complexity index is 422. The molecule has 2 aliphatic rings. The van der Waals surface area contributed by atoms with Crippen molar-refractivity contribution in [2.24, 2.45) is 0 Å². The lowest BCUT2D eigenvalue weighted by Crippen LogP contribution is -2.48. The Balaban J connectivity index is 1.54. The number of ether oxygens (including phenoxy) is 2. The van der Waals surface area contributed by atoms with Crippen LogP contribution in [0.5, 0.6) is 0 Å². The minimum Gasteiger partial charge on any atom is -0.355 e. The van der Waals surface area contributed by atoms with Crippen molar-refractivity contribution in [1.82, 2.24) is 9.80 Å². The van der Waals surface area contributed by atoms with Crippen LogP contribution in [0.2, 0.25) is 0 Å². The van der Waals surface area contributed by atoms with E-state index in [0.29, 0.717) is 12.1 Å². The Morgan fingerprint density at radius 3 is 2.30 bits per heavy atom. The molecule has 0 amide bonds. The number of rotatable bonds is 6. The van der Waals surface area contributed by atoms with Gasteiger partial charge in [0.25, 0.3) is 0 Å². The standard InChI is InChI=1S/C16H24N2O2/c1-19-16(20-2)12-18-11-14-8-15(18)10-17(14)9-13-6-4-3-5-7-13/h3-7,14-16H,8-12H2,1-2H3/t14-,15+/m1/s1. The van der Waals surface area contributed by atoms with Crippen molar-refractivity contribution in [3.8, 4) is 0 Å². The van der Waals surface area contributed by atoms with Gasteiger partial charge in [-0.15, -0.1) is 0 Å². The first-order chi connectivity index (χ1) is 9.80. The highest BCUT2D eigenvalue weighted by atomic mass is 16.7. The molecule has 0 N–H and O–H groups in total. The van der Waals surface area contributed by atoms with Gasteiger partial charge in [-0.2, -0.15) is 0 Å². The summed E-state index contributed by atoms with van der Waals surface area (Å²) in [6.07, 6.45) is 1.18. The molecular formula is C16H24N2O2. The number of likely N-dealkylation sites (tertiary alicyclic amines) is 2. The predicted molar refractivity (Wildman–Crippen MR) is 78.4 cm³/mol. The molecule has 4 heteroatoms. The van der Waals surface area contributed by atoms with Gasteiger partial charge in [-0.1, -0.05) is 30.3 Å². The van der Waals surface area contributed by atoms with Crippen LogP contribution >= 0.6 is 0 Å². The first-order valence-corrected chi connectivity index (χ1v) is 7.37. The molecule has 0 saturated carbocycles. The summed E-state index contributed by atoms with van der Waals surface area (Å²) in [5, 5.41) is 0. The van der Waals surface area contributed by atoms with Gasteiger partial charge in [0.15, 0.2) is 6.29 Å². The number of nitrogens with zero attached hydrogens (tertiary/aromatic N) is 2. The maximum Gasteiger partial charge on any atom is 0.169 e. The zero-order chi connectivity index (χ0) is 13.9. The zero-order valence-corrected chi connectivity index (χ0v) is 12.4. The SMILES string of the molecule is COC(CN1C[C@H]2C[C@H]1CN2Cc1ccccc1)OC. The molecule has 2 saturated heterocycles. The van der Waals surface area contributed by atoms with Gasteiger partial charge in [0, 0.05) is 52.5 Å². The van der Waals surface area contributed by atoms with Crippen molar-refractivity contribution in [3.63, 3.8) is 0 Å². The van der Waals surface area contributed by atoms with Crippen LogP contribution in [0, 0.1) is 0 Å². The molecule has 3 rings (SSSR count). The lowest BCUT2D eigenvalue weighted by molar-refractivity contribution is -0.120. The largest absolute Gasteiger partial charge is 0.355 e. The first-order valence-electron chi connectivity index (χ1n) is 7.37. The van der Waals surface area contributed by atoms with Crippen molar-refractivity contribution >= 4 is 0 Å². The fourth-order valence-corrected chi connectivity index (χ4v) is 3.50. The van der Waals surface area contributed by atoms with Crippen LogP contribution in [0.4, 0.5) is 0 Å². The van der Waals surface area contributed by atoms with Crippen LogP contribution in [-0.2, 0) is 16.0 Å². The number of benzene rings is 1. The van der Waals surface area contributed by atoms with Gasteiger partial charge < -0.3 is 9.47 Å². The molecule has 4 nitrogen and oxygen atoms in total. The Kier molecular flexibility index (Phi) is 4.36. The van der Waals surface area contributed by atoms with E-state index in [2.05, 4.69) is 40.1 Å². The van der Waals surface area contributed by atoms with E-state index in [-0.39, 0.29) is 6.29 Å². The molecule has 0 aromatic heterocycles. The molecular weight excluding hydrogens is 252 g/mol. The number of hydrogen-bond acceptors (Lipinski definition) is 4. The summed E-state index contributed by atoms with van der Waals surface area (Å²) in [6.45, 7) is 4.27. The maximum atomic E-state index is 5.31. The summed E-state index contributed by atoms with van der Waals surface area (Å²) < 4.78 is 10.6. The van der Waals surface area contributed by atoms with Gasteiger partial charge in [0.05, 0.1) is 0 Å². The van der Waals surface area contributed by atoms with Crippen LogP contribution in [0.25, 0.3) is 0 Å². The minimum atomic E-state index is -0.100. The summed E-state index contributed by atoms with van der Waals surface area (Å²) >= 11 is 0. The summed E-state index contributed by atoms with van der Waals surface area (Å²) in [7, 11) is 3.43. The van der Waals surface area contributed by atoms with Crippen molar-refractivity contribution < 1.29 is 9.47 Å². The molecule has 1 aromatic rings. The number of hydrogen-bond donors (Lipinski definition) is 0. The van der Waals surface area contributed by atoms with Gasteiger partial charge in [-0.3, -0.25) is 9.80 Å². The fourth-order valence-electron chi connectivity index (χ4n) is 3.50. The molecule has 0 unspecified atom stereocenters. The van der Waals surface area contributed by atoms with Crippen LogP contribution in [0.1, 0.15) is 12.0 Å². The summed E-state index contributed by atoms with van der Waals surface area (Å²) in [4.78, 5) is 5.13. The second-order valence-corrected chi connectivity index (χ2v) is 5.81. The third kappa shape index (κ3) is 2.88. The molecule has 2 bridgehead atoms. The molecule has 110 valence electrons. The van der Waals surface area contributed by atoms with Crippen molar-refractivity contribution in [1.29, 1.82) is 0 Å². The van der Waals surface area contributed by atoms with E-state index in [1.165, 1.54) is 18.5 Å². The summed E-state index contributed by atoms with van der Waals surface area (Å²) in [5.74, 6) is 0. The molecule has 2 fully saturated rings. The van der Waals surface area contributed by atoms with Gasteiger partial charge in [0.1, 0.15) is 0 Å². The zero-order valence-electron chi connectivity index (χ0n) is 12.4. The second-order valence-electron chi connectivity index (χ2n) is 5.81. The van der Waals surface area contributed by atoms with Gasteiger partial charge in [0.2, 0.25) is 0 Å². The Morgan fingerprint density at radius 1 is 1.05 bits per heavy atom. The van der Waals surface area contributed by atoms with E-state index in [9.17, 15) is 0 Å². The second kappa shape index (κ2) is 6.22. The number of fused-ring (bicyclic) bond motifs is 2. The van der Waals surface area contributed by atoms with Crippen LogP contribution in [0.3, 0.4) is 0 Å². The van der Waals surface area contributed by atoms with Gasteiger partial charge in [-0.05, 0) is 12.0 Å². The van der Waals surface area contributed by atoms with E-state index in [4.69, 9.17) is 9.47 Å². The molecule has 20 heavy (non-hydrogen) atoms. The highest BCUT2D eigenvalue weighted by molar-refractivity contribution is 5.15. The Morgan fingerprint density at radius 2 is 1.70 bits per heavy atom. The molecule has 2 aliphatic heterocycles. The molecule has 0 radical (unpaired) electrons. The summed E-state index contributed by atoms with van der Waals surface area (Å²) in [6, 6.07) is 12.1. The van der Waals surface area contributed by atoms with Crippen molar-refractivity contribution in [2.75, 3.05) is 33.9 Å². The highest BCUT2D eigenvalue weighted by Crippen LogP contribution is 2.31. The van der Waals surface area contributed by atoms with E-state index in [1.54, 1.807) is 14.2 Å². The number of piperazine rings is 1. The monoisotopic (exact) mass is 276 g/mol. The van der Waals surface area contributed by atoms with E-state index in [1.807, 2.05) is 0 Å². The van der Waals surface area contributed by atoms with E-state index >= 15 is 0 Å².